The van der Waals surface area contributed by atoms with Crippen LogP contribution in [0.3, 0.4) is 0 Å². The van der Waals surface area contributed by atoms with Gasteiger partial charge in [-0.1, -0.05) is 23.7 Å². The molecule has 0 amide bonds. The largest absolute Gasteiger partial charge is 0.486 e. The summed E-state index contributed by atoms with van der Waals surface area (Å²) in [7, 11) is 0. The van der Waals surface area contributed by atoms with Crippen molar-refractivity contribution >= 4 is 11.6 Å². The lowest BCUT2D eigenvalue weighted by molar-refractivity contribution is 0.301. The highest BCUT2D eigenvalue weighted by molar-refractivity contribution is 6.32. The standard InChI is InChI=1S/C14H15ClN2O/c1-10-2-5-13(15)14(6-10)18-9-12-4-3-11(7-16)8-17-12/h2-6,8H,7,9,16H2,1H3. The molecule has 1 heterocycles. The lowest BCUT2D eigenvalue weighted by Gasteiger charge is -2.08. The fourth-order valence-corrected chi connectivity index (χ4v) is 1.71. The molecule has 0 spiro atoms. The molecule has 2 N–H and O–H groups in total. The fourth-order valence-electron chi connectivity index (χ4n) is 1.53. The molecule has 0 atom stereocenters. The molecule has 1 aromatic heterocycles. The summed E-state index contributed by atoms with van der Waals surface area (Å²) in [6, 6.07) is 9.55. The van der Waals surface area contributed by atoms with Gasteiger partial charge >= 0.3 is 0 Å². The van der Waals surface area contributed by atoms with E-state index in [9.17, 15) is 0 Å². The third kappa shape index (κ3) is 3.22. The normalized spacial score (nSPS) is 10.4. The van der Waals surface area contributed by atoms with Crippen LogP contribution < -0.4 is 10.5 Å². The Labute approximate surface area is 112 Å². The topological polar surface area (TPSA) is 48.1 Å². The van der Waals surface area contributed by atoms with E-state index in [4.69, 9.17) is 22.1 Å². The molecule has 0 aliphatic rings. The molecule has 0 bridgehead atoms. The number of aromatic nitrogens is 1. The van der Waals surface area contributed by atoms with Crippen LogP contribution >= 0.6 is 11.6 Å². The van der Waals surface area contributed by atoms with Crippen LogP contribution in [0.2, 0.25) is 5.02 Å². The molecular formula is C14H15ClN2O. The Hall–Kier alpha value is -1.58. The molecule has 1 aromatic carbocycles. The average molecular weight is 263 g/mol. The second-order valence-corrected chi connectivity index (χ2v) is 4.49. The van der Waals surface area contributed by atoms with Gasteiger partial charge in [-0.3, -0.25) is 4.98 Å². The van der Waals surface area contributed by atoms with Crippen molar-refractivity contribution in [1.29, 1.82) is 0 Å². The lowest BCUT2D eigenvalue weighted by Crippen LogP contribution is -2.01. The van der Waals surface area contributed by atoms with Gasteiger partial charge in [0.15, 0.2) is 0 Å². The van der Waals surface area contributed by atoms with Crippen molar-refractivity contribution in [1.82, 2.24) is 4.98 Å². The summed E-state index contributed by atoms with van der Waals surface area (Å²) < 4.78 is 5.65. The van der Waals surface area contributed by atoms with Gasteiger partial charge in [0.25, 0.3) is 0 Å². The van der Waals surface area contributed by atoms with Crippen molar-refractivity contribution in [2.75, 3.05) is 0 Å². The number of pyridine rings is 1. The van der Waals surface area contributed by atoms with E-state index in [1.54, 1.807) is 6.20 Å². The van der Waals surface area contributed by atoms with Crippen molar-refractivity contribution in [3.8, 4) is 5.75 Å². The van der Waals surface area contributed by atoms with Gasteiger partial charge in [0.05, 0.1) is 10.7 Å². The van der Waals surface area contributed by atoms with E-state index in [-0.39, 0.29) is 0 Å². The van der Waals surface area contributed by atoms with Crippen molar-refractivity contribution < 1.29 is 4.74 Å². The summed E-state index contributed by atoms with van der Waals surface area (Å²) in [6.07, 6.45) is 1.76. The Morgan fingerprint density at radius 1 is 1.28 bits per heavy atom. The first-order valence-electron chi connectivity index (χ1n) is 5.72. The first kappa shape index (κ1) is 12.9. The maximum absolute atomic E-state index is 6.05. The molecule has 2 aromatic rings. The molecule has 0 aliphatic carbocycles. The molecule has 0 saturated heterocycles. The predicted molar refractivity (Wildman–Crippen MR) is 72.6 cm³/mol. The van der Waals surface area contributed by atoms with E-state index in [2.05, 4.69) is 4.98 Å². The molecule has 0 radical (unpaired) electrons. The molecule has 0 aliphatic heterocycles. The van der Waals surface area contributed by atoms with Gasteiger partial charge in [-0.15, -0.1) is 0 Å². The zero-order chi connectivity index (χ0) is 13.0. The average Bonchev–Trinajstić information content (AvgIpc) is 2.40. The molecular weight excluding hydrogens is 248 g/mol. The Morgan fingerprint density at radius 2 is 2.11 bits per heavy atom. The van der Waals surface area contributed by atoms with Crippen molar-refractivity contribution in [2.45, 2.75) is 20.1 Å². The van der Waals surface area contributed by atoms with Crippen LogP contribution in [0.4, 0.5) is 0 Å². The number of hydrogen-bond acceptors (Lipinski definition) is 3. The second kappa shape index (κ2) is 5.85. The van der Waals surface area contributed by atoms with Gasteiger partial charge in [-0.05, 0) is 36.2 Å². The Morgan fingerprint density at radius 3 is 2.78 bits per heavy atom. The first-order valence-corrected chi connectivity index (χ1v) is 6.09. The van der Waals surface area contributed by atoms with E-state index >= 15 is 0 Å². The predicted octanol–water partition coefficient (Wildman–Crippen LogP) is 3.08. The monoisotopic (exact) mass is 262 g/mol. The Balaban J connectivity index is 2.04. The highest BCUT2D eigenvalue weighted by Gasteiger charge is 2.03. The molecule has 94 valence electrons. The van der Waals surface area contributed by atoms with E-state index in [0.29, 0.717) is 23.9 Å². The summed E-state index contributed by atoms with van der Waals surface area (Å²) in [5, 5.41) is 0.610. The minimum atomic E-state index is 0.397. The summed E-state index contributed by atoms with van der Waals surface area (Å²) in [5.41, 5.74) is 8.48. The molecule has 0 saturated carbocycles. The highest BCUT2D eigenvalue weighted by Crippen LogP contribution is 2.25. The third-order valence-corrected chi connectivity index (χ3v) is 2.90. The van der Waals surface area contributed by atoms with Crippen LogP contribution in [0.5, 0.6) is 5.75 Å². The van der Waals surface area contributed by atoms with Crippen molar-refractivity contribution in [3.63, 3.8) is 0 Å². The number of halogens is 1. The van der Waals surface area contributed by atoms with E-state index in [1.165, 1.54) is 0 Å². The van der Waals surface area contributed by atoms with Crippen LogP contribution in [-0.2, 0) is 13.2 Å². The Bertz CT molecular complexity index is 526. The number of nitrogens with zero attached hydrogens (tertiary/aromatic N) is 1. The van der Waals surface area contributed by atoms with E-state index < -0.39 is 0 Å². The van der Waals surface area contributed by atoms with Gasteiger partial charge in [-0.2, -0.15) is 0 Å². The number of ether oxygens (including phenoxy) is 1. The summed E-state index contributed by atoms with van der Waals surface area (Å²) in [6.45, 7) is 2.89. The van der Waals surface area contributed by atoms with Crippen LogP contribution in [0.1, 0.15) is 16.8 Å². The first-order chi connectivity index (χ1) is 8.69. The SMILES string of the molecule is Cc1ccc(Cl)c(OCc2ccc(CN)cn2)c1. The maximum atomic E-state index is 6.05. The summed E-state index contributed by atoms with van der Waals surface area (Å²) in [4.78, 5) is 4.27. The lowest BCUT2D eigenvalue weighted by atomic mass is 10.2. The van der Waals surface area contributed by atoms with Gasteiger partial charge in [0.2, 0.25) is 0 Å². The summed E-state index contributed by atoms with van der Waals surface area (Å²) in [5.74, 6) is 0.682. The van der Waals surface area contributed by atoms with Crippen LogP contribution in [0, 0.1) is 6.92 Å². The van der Waals surface area contributed by atoms with Gasteiger partial charge < -0.3 is 10.5 Å². The van der Waals surface area contributed by atoms with Gasteiger partial charge in [0.1, 0.15) is 12.4 Å². The number of rotatable bonds is 4. The fraction of sp³-hybridized carbons (Fsp3) is 0.214. The zero-order valence-corrected chi connectivity index (χ0v) is 10.9. The smallest absolute Gasteiger partial charge is 0.138 e. The number of aryl methyl sites for hydroxylation is 1. The number of hydrogen-bond donors (Lipinski definition) is 1. The quantitative estimate of drug-likeness (QED) is 0.921. The second-order valence-electron chi connectivity index (χ2n) is 4.08. The maximum Gasteiger partial charge on any atom is 0.138 e. The molecule has 2 rings (SSSR count). The number of nitrogens with two attached hydrogens (primary N) is 1. The zero-order valence-electron chi connectivity index (χ0n) is 10.2. The minimum absolute atomic E-state index is 0.397. The van der Waals surface area contributed by atoms with Crippen LogP contribution in [-0.4, -0.2) is 4.98 Å². The molecule has 18 heavy (non-hydrogen) atoms. The van der Waals surface area contributed by atoms with Gasteiger partial charge in [-0.25, -0.2) is 0 Å². The molecule has 0 unspecified atom stereocenters. The molecule has 3 nitrogen and oxygen atoms in total. The highest BCUT2D eigenvalue weighted by atomic mass is 35.5. The van der Waals surface area contributed by atoms with Crippen LogP contribution in [0.25, 0.3) is 0 Å². The number of benzene rings is 1. The van der Waals surface area contributed by atoms with Crippen molar-refractivity contribution in [2.24, 2.45) is 5.73 Å². The molecule has 0 fully saturated rings. The minimum Gasteiger partial charge on any atom is -0.486 e. The van der Waals surface area contributed by atoms with E-state index in [0.717, 1.165) is 16.8 Å². The molecule has 4 heteroatoms. The van der Waals surface area contributed by atoms with Gasteiger partial charge in [0, 0.05) is 12.7 Å². The van der Waals surface area contributed by atoms with E-state index in [1.807, 2.05) is 37.3 Å². The Kier molecular flexibility index (Phi) is 4.18. The van der Waals surface area contributed by atoms with Crippen LogP contribution in [0.15, 0.2) is 36.5 Å². The third-order valence-electron chi connectivity index (χ3n) is 2.58. The van der Waals surface area contributed by atoms with Crippen molar-refractivity contribution in [3.05, 3.63) is 58.4 Å². The summed E-state index contributed by atoms with van der Waals surface area (Å²) >= 11 is 6.05.